The number of fused-ring (bicyclic) bond motifs is 1. The minimum atomic E-state index is -3.17. The molecule has 1 aliphatic rings. The molecule has 3 aromatic heterocycles. The highest BCUT2D eigenvalue weighted by atomic mass is 35.5. The van der Waals surface area contributed by atoms with E-state index < -0.39 is 33.0 Å². The number of rotatable bonds is 7. The van der Waals surface area contributed by atoms with Gasteiger partial charge in [-0.2, -0.15) is 5.10 Å². The van der Waals surface area contributed by atoms with E-state index in [1.54, 1.807) is 17.9 Å². The number of hydrogen-bond donors (Lipinski definition) is 1. The van der Waals surface area contributed by atoms with Crippen LogP contribution in [0.3, 0.4) is 0 Å². The maximum absolute atomic E-state index is 15.7. The van der Waals surface area contributed by atoms with Crippen molar-refractivity contribution in [3.8, 4) is 17.0 Å². The lowest BCUT2D eigenvalue weighted by molar-refractivity contribution is 0.217. The van der Waals surface area contributed by atoms with Gasteiger partial charge in [0.15, 0.2) is 23.2 Å². The summed E-state index contributed by atoms with van der Waals surface area (Å²) in [5, 5.41) is 7.63. The summed E-state index contributed by atoms with van der Waals surface area (Å²) in [7, 11) is -3.17. The molecule has 0 radical (unpaired) electrons. The molecule has 0 bridgehead atoms. The molecule has 1 N–H and O–H groups in total. The fourth-order valence-electron chi connectivity index (χ4n) is 4.95. The van der Waals surface area contributed by atoms with E-state index in [-0.39, 0.29) is 44.0 Å². The SMILES string of the molecule is C[C@@H](Oc1ccc2[nH]nc(-c3cnc(N4CC(C)(CS(C)(=O)=O)C4)c(F)c3)c2c1F)c1c(Cl)cncc1Cl. The van der Waals surface area contributed by atoms with Crippen LogP contribution in [0.1, 0.15) is 25.5 Å². The lowest BCUT2D eigenvalue weighted by atomic mass is 9.84. The van der Waals surface area contributed by atoms with Crippen LogP contribution in [-0.2, 0) is 9.84 Å². The number of anilines is 1. The summed E-state index contributed by atoms with van der Waals surface area (Å²) in [6.45, 7) is 4.23. The van der Waals surface area contributed by atoms with Crippen LogP contribution in [0.4, 0.5) is 14.6 Å². The van der Waals surface area contributed by atoms with Crippen LogP contribution >= 0.6 is 23.2 Å². The van der Waals surface area contributed by atoms with Gasteiger partial charge < -0.3 is 9.64 Å². The molecular weight excluding hydrogens is 559 g/mol. The minimum absolute atomic E-state index is 0.0112. The van der Waals surface area contributed by atoms with E-state index in [9.17, 15) is 8.42 Å². The molecule has 1 saturated heterocycles. The van der Waals surface area contributed by atoms with Crippen LogP contribution in [0, 0.1) is 17.0 Å². The van der Waals surface area contributed by atoms with E-state index in [0.29, 0.717) is 24.2 Å². The number of H-pyrrole nitrogens is 1. The molecule has 1 atom stereocenters. The summed E-state index contributed by atoms with van der Waals surface area (Å²) >= 11 is 12.4. The van der Waals surface area contributed by atoms with Gasteiger partial charge in [-0.15, -0.1) is 0 Å². The molecule has 200 valence electrons. The topological polar surface area (TPSA) is 101 Å². The molecule has 13 heteroatoms. The van der Waals surface area contributed by atoms with Crippen molar-refractivity contribution in [1.29, 1.82) is 0 Å². The first-order valence-corrected chi connectivity index (χ1v) is 14.4. The average molecular weight is 582 g/mol. The Bertz CT molecular complexity index is 1640. The second kappa shape index (κ2) is 9.62. The fourth-order valence-corrected chi connectivity index (χ4v) is 7.08. The van der Waals surface area contributed by atoms with Gasteiger partial charge in [-0.3, -0.25) is 10.1 Å². The lowest BCUT2D eigenvalue weighted by Gasteiger charge is -2.48. The third kappa shape index (κ3) is 5.02. The summed E-state index contributed by atoms with van der Waals surface area (Å²) < 4.78 is 60.0. The number of aromatic nitrogens is 4. The molecular formula is C25H23Cl2F2N5O3S. The zero-order chi connectivity index (χ0) is 27.4. The molecule has 38 heavy (non-hydrogen) atoms. The Labute approximate surface area is 227 Å². The molecule has 0 saturated carbocycles. The molecule has 0 unspecified atom stereocenters. The van der Waals surface area contributed by atoms with Crippen LogP contribution < -0.4 is 9.64 Å². The van der Waals surface area contributed by atoms with Gasteiger partial charge in [0.05, 0.1) is 26.7 Å². The van der Waals surface area contributed by atoms with Gasteiger partial charge in [-0.1, -0.05) is 30.1 Å². The van der Waals surface area contributed by atoms with E-state index in [2.05, 4.69) is 20.2 Å². The van der Waals surface area contributed by atoms with Crippen LogP contribution in [0.5, 0.6) is 5.75 Å². The second-order valence-corrected chi connectivity index (χ2v) is 12.9. The number of pyridine rings is 2. The molecule has 5 rings (SSSR count). The smallest absolute Gasteiger partial charge is 0.176 e. The number of aromatic amines is 1. The highest BCUT2D eigenvalue weighted by molar-refractivity contribution is 7.90. The van der Waals surface area contributed by atoms with E-state index in [0.717, 1.165) is 0 Å². The lowest BCUT2D eigenvalue weighted by Crippen LogP contribution is -2.58. The molecule has 1 fully saturated rings. The second-order valence-electron chi connectivity index (χ2n) is 9.92. The van der Waals surface area contributed by atoms with Crippen LogP contribution in [0.25, 0.3) is 22.2 Å². The molecule has 0 spiro atoms. The molecule has 4 aromatic rings. The summed E-state index contributed by atoms with van der Waals surface area (Å²) in [5.41, 5.74) is 0.817. The Morgan fingerprint density at radius 1 is 1.18 bits per heavy atom. The number of hydrogen-bond acceptors (Lipinski definition) is 7. The Balaban J connectivity index is 1.42. The summed E-state index contributed by atoms with van der Waals surface area (Å²) in [4.78, 5) is 9.84. The van der Waals surface area contributed by atoms with Crippen molar-refractivity contribution in [1.82, 2.24) is 20.2 Å². The fraction of sp³-hybridized carbons (Fsp3) is 0.320. The molecule has 1 aliphatic heterocycles. The van der Waals surface area contributed by atoms with E-state index in [1.807, 2.05) is 6.92 Å². The molecule has 1 aromatic carbocycles. The van der Waals surface area contributed by atoms with Crippen molar-refractivity contribution in [2.24, 2.45) is 5.41 Å². The van der Waals surface area contributed by atoms with Gasteiger partial charge in [0.25, 0.3) is 0 Å². The van der Waals surface area contributed by atoms with Gasteiger partial charge in [0.2, 0.25) is 0 Å². The van der Waals surface area contributed by atoms with Crippen molar-refractivity contribution in [3.63, 3.8) is 0 Å². The van der Waals surface area contributed by atoms with E-state index in [4.69, 9.17) is 27.9 Å². The number of nitrogens with one attached hydrogen (secondary N) is 1. The number of ether oxygens (including phenoxy) is 1. The van der Waals surface area contributed by atoms with Gasteiger partial charge in [-0.25, -0.2) is 22.2 Å². The number of nitrogens with zero attached hydrogens (tertiary/aromatic N) is 4. The van der Waals surface area contributed by atoms with Crippen molar-refractivity contribution in [2.45, 2.75) is 20.0 Å². The van der Waals surface area contributed by atoms with E-state index in [1.165, 1.54) is 37.0 Å². The van der Waals surface area contributed by atoms with Crippen molar-refractivity contribution < 1.29 is 21.9 Å². The predicted octanol–water partition coefficient (Wildman–Crippen LogP) is 5.62. The summed E-state index contributed by atoms with van der Waals surface area (Å²) in [6.07, 6.45) is 4.75. The maximum atomic E-state index is 15.7. The van der Waals surface area contributed by atoms with E-state index >= 15 is 8.78 Å². The Morgan fingerprint density at radius 2 is 1.87 bits per heavy atom. The van der Waals surface area contributed by atoms with Crippen LogP contribution in [0.2, 0.25) is 10.0 Å². The Hall–Kier alpha value is -3.02. The number of sulfone groups is 1. The molecule has 8 nitrogen and oxygen atoms in total. The maximum Gasteiger partial charge on any atom is 0.176 e. The normalized spacial score (nSPS) is 15.9. The quantitative estimate of drug-likeness (QED) is 0.302. The van der Waals surface area contributed by atoms with Gasteiger partial charge in [-0.05, 0) is 25.1 Å². The van der Waals surface area contributed by atoms with Gasteiger partial charge in [0.1, 0.15) is 21.6 Å². The Kier molecular flexibility index (Phi) is 6.73. The number of benzene rings is 1. The molecule has 0 aliphatic carbocycles. The van der Waals surface area contributed by atoms with Crippen LogP contribution in [-0.4, -0.2) is 53.7 Å². The summed E-state index contributed by atoms with van der Waals surface area (Å²) in [6, 6.07) is 4.29. The van der Waals surface area contributed by atoms with Crippen molar-refractivity contribution in [3.05, 3.63) is 64.0 Å². The van der Waals surface area contributed by atoms with Gasteiger partial charge >= 0.3 is 0 Å². The zero-order valence-corrected chi connectivity index (χ0v) is 22.9. The standard InChI is InChI=1S/C25H23Cl2F2N5O3S/c1-13(20-15(26)8-30-9-16(20)27)37-19-5-4-18-21(22(19)29)23(33-32-18)14-6-17(28)24(31-7-14)34-10-25(2,11-34)12-38(3,35)36/h4-9,13H,10-12H2,1-3H3,(H,32,33)/t13-/m1/s1. The first kappa shape index (κ1) is 26.6. The highest BCUT2D eigenvalue weighted by Crippen LogP contribution is 2.39. The van der Waals surface area contributed by atoms with Crippen LogP contribution in [0.15, 0.2) is 36.8 Å². The zero-order valence-electron chi connectivity index (χ0n) is 20.6. The monoisotopic (exact) mass is 581 g/mol. The highest BCUT2D eigenvalue weighted by Gasteiger charge is 2.42. The largest absolute Gasteiger partial charge is 0.483 e. The number of halogens is 4. The first-order valence-electron chi connectivity index (χ1n) is 11.6. The average Bonchev–Trinajstić information content (AvgIpc) is 3.23. The Morgan fingerprint density at radius 3 is 2.50 bits per heavy atom. The van der Waals surface area contributed by atoms with Crippen molar-refractivity contribution in [2.75, 3.05) is 30.0 Å². The predicted molar refractivity (Wildman–Crippen MR) is 143 cm³/mol. The third-order valence-corrected chi connectivity index (χ3v) is 8.21. The molecule has 0 amide bonds. The summed E-state index contributed by atoms with van der Waals surface area (Å²) in [5.74, 6) is -1.26. The van der Waals surface area contributed by atoms with Crippen molar-refractivity contribution >= 4 is 49.8 Å². The first-order chi connectivity index (χ1) is 17.8. The third-order valence-electron chi connectivity index (χ3n) is 6.38. The molecule has 4 heterocycles. The minimum Gasteiger partial charge on any atom is -0.483 e. The van der Waals surface area contributed by atoms with Gasteiger partial charge in [0, 0.05) is 54.5 Å².